The van der Waals surface area contributed by atoms with Gasteiger partial charge in [0.05, 0.1) is 6.10 Å². The molecule has 2 saturated heterocycles. The zero-order chi connectivity index (χ0) is 9.87. The van der Waals surface area contributed by atoms with Crippen molar-refractivity contribution in [1.29, 1.82) is 0 Å². The standard InChI is InChI=1S/C8H10O6/c9-2-1-3-4(10)7-5(11)6(2)13-8(12-3)14-7/h2,5-11H,1H2/t2?,5?,6-,7?,8?/m1/s1. The van der Waals surface area contributed by atoms with E-state index in [1.807, 2.05) is 0 Å². The van der Waals surface area contributed by atoms with E-state index in [1.54, 1.807) is 0 Å². The van der Waals surface area contributed by atoms with Crippen molar-refractivity contribution in [3.63, 3.8) is 0 Å². The molecule has 0 radical (unpaired) electrons. The van der Waals surface area contributed by atoms with Crippen molar-refractivity contribution >= 4 is 0 Å². The van der Waals surface area contributed by atoms with Crippen LogP contribution >= 0.6 is 0 Å². The quantitative estimate of drug-likeness (QED) is 0.466. The number of hydrogen-bond acceptors (Lipinski definition) is 6. The Morgan fingerprint density at radius 1 is 1.21 bits per heavy atom. The topological polar surface area (TPSA) is 88.4 Å². The van der Waals surface area contributed by atoms with Gasteiger partial charge in [-0.15, -0.1) is 0 Å². The first-order valence-corrected chi connectivity index (χ1v) is 4.42. The monoisotopic (exact) mass is 202 g/mol. The van der Waals surface area contributed by atoms with Crippen LogP contribution in [0.3, 0.4) is 0 Å². The fourth-order valence-corrected chi connectivity index (χ4v) is 2.01. The highest BCUT2D eigenvalue weighted by Gasteiger charge is 2.52. The maximum atomic E-state index is 9.69. The van der Waals surface area contributed by atoms with Crippen LogP contribution in [-0.4, -0.2) is 46.2 Å². The summed E-state index contributed by atoms with van der Waals surface area (Å²) in [4.78, 5) is 0. The number of rotatable bonds is 0. The molecule has 0 aromatic carbocycles. The number of hydrogen-bond donors (Lipinski definition) is 3. The minimum absolute atomic E-state index is 0.140. The average molecular weight is 202 g/mol. The van der Waals surface area contributed by atoms with Gasteiger partial charge < -0.3 is 29.5 Å². The van der Waals surface area contributed by atoms with Crippen LogP contribution in [-0.2, 0) is 14.2 Å². The van der Waals surface area contributed by atoms with E-state index >= 15 is 0 Å². The molecule has 3 heterocycles. The largest absolute Gasteiger partial charge is 0.506 e. The van der Waals surface area contributed by atoms with E-state index in [9.17, 15) is 15.3 Å². The van der Waals surface area contributed by atoms with Crippen LogP contribution in [0.15, 0.2) is 11.5 Å². The lowest BCUT2D eigenvalue weighted by Gasteiger charge is -2.39. The van der Waals surface area contributed by atoms with E-state index in [2.05, 4.69) is 0 Å². The smallest absolute Gasteiger partial charge is 0.316 e. The second kappa shape index (κ2) is 2.60. The Morgan fingerprint density at radius 3 is 2.79 bits per heavy atom. The van der Waals surface area contributed by atoms with Gasteiger partial charge in [0.25, 0.3) is 0 Å². The molecule has 5 atom stereocenters. The van der Waals surface area contributed by atoms with Crippen LogP contribution < -0.4 is 0 Å². The second-order valence-corrected chi connectivity index (χ2v) is 3.63. The van der Waals surface area contributed by atoms with Gasteiger partial charge in [-0.05, 0) is 0 Å². The van der Waals surface area contributed by atoms with Crippen LogP contribution in [0.25, 0.3) is 0 Å². The third-order valence-electron chi connectivity index (χ3n) is 2.74. The van der Waals surface area contributed by atoms with Crippen LogP contribution in [0.4, 0.5) is 0 Å². The highest BCUT2D eigenvalue weighted by atomic mass is 16.9. The van der Waals surface area contributed by atoms with E-state index in [1.165, 1.54) is 0 Å². The first-order valence-electron chi connectivity index (χ1n) is 4.42. The molecule has 6 heteroatoms. The number of aliphatic hydroxyl groups excluding tert-OH is 3. The summed E-state index contributed by atoms with van der Waals surface area (Å²) in [6, 6.07) is 0. The van der Waals surface area contributed by atoms with Crippen molar-refractivity contribution in [3.05, 3.63) is 11.5 Å². The first-order chi connectivity index (χ1) is 6.66. The Kier molecular flexibility index (Phi) is 1.58. The molecule has 2 fully saturated rings. The molecule has 0 saturated carbocycles. The third-order valence-corrected chi connectivity index (χ3v) is 2.74. The molecule has 1 aliphatic carbocycles. The summed E-state index contributed by atoms with van der Waals surface area (Å²) in [5, 5.41) is 28.9. The number of aliphatic hydroxyl groups is 3. The minimum atomic E-state index is -1.05. The molecule has 4 aliphatic rings. The van der Waals surface area contributed by atoms with Gasteiger partial charge in [-0.1, -0.05) is 0 Å². The highest BCUT2D eigenvalue weighted by Crippen LogP contribution is 2.38. The van der Waals surface area contributed by atoms with Gasteiger partial charge in [0.1, 0.15) is 18.0 Å². The molecule has 0 aromatic heterocycles. The SMILES string of the molecule is OC1=C2CC(O)[C@H]3OC(O2)OC1C3O. The summed E-state index contributed by atoms with van der Waals surface area (Å²) in [5.74, 6) is 0.108. The second-order valence-electron chi connectivity index (χ2n) is 3.63. The van der Waals surface area contributed by atoms with Crippen molar-refractivity contribution in [2.75, 3.05) is 0 Å². The Balaban J connectivity index is 2.08. The van der Waals surface area contributed by atoms with Crippen molar-refractivity contribution in [3.8, 4) is 0 Å². The van der Waals surface area contributed by atoms with Crippen molar-refractivity contribution in [1.82, 2.24) is 0 Å². The summed E-state index contributed by atoms with van der Waals surface area (Å²) >= 11 is 0. The Labute approximate surface area is 79.3 Å². The van der Waals surface area contributed by atoms with E-state index < -0.39 is 30.9 Å². The van der Waals surface area contributed by atoms with Gasteiger partial charge >= 0.3 is 6.48 Å². The zero-order valence-electron chi connectivity index (χ0n) is 7.16. The van der Waals surface area contributed by atoms with Gasteiger partial charge in [-0.2, -0.15) is 0 Å². The summed E-state index contributed by atoms with van der Waals surface area (Å²) in [5.41, 5.74) is 0. The Hall–Kier alpha value is -0.820. The molecule has 3 N–H and O–H groups in total. The molecule has 4 unspecified atom stereocenters. The molecule has 6 nitrogen and oxygen atoms in total. The molecule has 0 amide bonds. The molecule has 0 aromatic rings. The molecule has 0 spiro atoms. The van der Waals surface area contributed by atoms with Crippen LogP contribution in [0.5, 0.6) is 0 Å². The van der Waals surface area contributed by atoms with Gasteiger partial charge in [-0.25, -0.2) is 0 Å². The molecular formula is C8H10O6. The van der Waals surface area contributed by atoms with Crippen molar-refractivity contribution < 1.29 is 29.5 Å². The number of ether oxygens (including phenoxy) is 3. The van der Waals surface area contributed by atoms with E-state index in [0.717, 1.165) is 0 Å². The van der Waals surface area contributed by atoms with Gasteiger partial charge in [0.2, 0.25) is 0 Å². The summed E-state index contributed by atoms with van der Waals surface area (Å²) in [6.45, 7) is -0.920. The van der Waals surface area contributed by atoms with Crippen molar-refractivity contribution in [2.24, 2.45) is 0 Å². The lowest BCUT2D eigenvalue weighted by Crippen LogP contribution is -2.54. The third kappa shape index (κ3) is 0.936. The summed E-state index contributed by atoms with van der Waals surface area (Å²) in [6.07, 6.45) is -3.38. The maximum Gasteiger partial charge on any atom is 0.316 e. The van der Waals surface area contributed by atoms with Gasteiger partial charge in [0.15, 0.2) is 11.9 Å². The maximum absolute atomic E-state index is 9.69. The highest BCUT2D eigenvalue weighted by molar-refractivity contribution is 5.17. The molecule has 14 heavy (non-hydrogen) atoms. The van der Waals surface area contributed by atoms with Crippen LogP contribution in [0.2, 0.25) is 0 Å². The molecule has 4 bridgehead atoms. The van der Waals surface area contributed by atoms with E-state index in [-0.39, 0.29) is 17.9 Å². The Bertz CT molecular complexity index is 300. The molecular weight excluding hydrogens is 192 g/mol. The number of fused-ring (bicyclic) bond motifs is 1. The summed E-state index contributed by atoms with van der Waals surface area (Å²) < 4.78 is 15.3. The minimum Gasteiger partial charge on any atom is -0.506 e. The van der Waals surface area contributed by atoms with E-state index in [4.69, 9.17) is 14.2 Å². The molecule has 3 aliphatic heterocycles. The molecule has 4 rings (SSSR count). The van der Waals surface area contributed by atoms with E-state index in [0.29, 0.717) is 0 Å². The lowest BCUT2D eigenvalue weighted by molar-refractivity contribution is -0.371. The van der Waals surface area contributed by atoms with Gasteiger partial charge in [-0.3, -0.25) is 0 Å². The summed E-state index contributed by atoms with van der Waals surface area (Å²) in [7, 11) is 0. The molecule has 78 valence electrons. The fourth-order valence-electron chi connectivity index (χ4n) is 2.01. The first kappa shape index (κ1) is 8.49. The van der Waals surface area contributed by atoms with Gasteiger partial charge in [0, 0.05) is 6.42 Å². The van der Waals surface area contributed by atoms with Crippen molar-refractivity contribution in [2.45, 2.75) is 37.3 Å². The normalized spacial score (nSPS) is 50.6. The predicted molar refractivity (Wildman–Crippen MR) is 40.9 cm³/mol. The predicted octanol–water partition coefficient (Wildman–Crippen LogP) is -1.02. The Morgan fingerprint density at radius 2 is 2.00 bits per heavy atom. The lowest BCUT2D eigenvalue weighted by atomic mass is 10.0. The average Bonchev–Trinajstić information content (AvgIpc) is 2.31. The van der Waals surface area contributed by atoms with Crippen LogP contribution in [0.1, 0.15) is 6.42 Å². The fraction of sp³-hybridized carbons (Fsp3) is 0.750. The zero-order valence-corrected chi connectivity index (χ0v) is 7.16. The van der Waals surface area contributed by atoms with Crippen LogP contribution in [0, 0.1) is 0 Å².